The number of urea groups is 1. The Morgan fingerprint density at radius 1 is 0.808 bits per heavy atom. The number of benzene rings is 3. The molecule has 11 heteroatoms. The number of hydrogen-bond acceptors (Lipinski definition) is 8. The Balaban J connectivity index is 1.65. The van der Waals surface area contributed by atoms with Crippen LogP contribution in [-0.4, -0.2) is 49.5 Å². The third-order valence-electron chi connectivity index (χ3n) is 7.90. The summed E-state index contributed by atoms with van der Waals surface area (Å²) in [6.07, 6.45) is 0.164. The summed E-state index contributed by atoms with van der Waals surface area (Å²) >= 11 is 0. The number of hydrogen-bond donors (Lipinski definition) is 3. The Morgan fingerprint density at radius 3 is 2.02 bits per heavy atom. The van der Waals surface area contributed by atoms with Crippen molar-refractivity contribution < 1.29 is 33.4 Å². The van der Waals surface area contributed by atoms with Gasteiger partial charge in [0.05, 0.1) is 23.4 Å². The van der Waals surface area contributed by atoms with Gasteiger partial charge in [0.1, 0.15) is 5.60 Å². The van der Waals surface area contributed by atoms with Gasteiger partial charge in [0.2, 0.25) is 6.79 Å². The summed E-state index contributed by atoms with van der Waals surface area (Å²) in [5.41, 5.74) is 4.65. The van der Waals surface area contributed by atoms with Crippen LogP contribution in [0.3, 0.4) is 0 Å². The van der Waals surface area contributed by atoms with Gasteiger partial charge < -0.3 is 35.1 Å². The van der Waals surface area contributed by atoms with Crippen molar-refractivity contribution in [3.8, 4) is 0 Å². The first-order valence-corrected chi connectivity index (χ1v) is 17.9. The van der Waals surface area contributed by atoms with Gasteiger partial charge in [0, 0.05) is 25.3 Å². The monoisotopic (exact) mass is 716 g/mol. The highest BCUT2D eigenvalue weighted by Crippen LogP contribution is 2.34. The number of amides is 3. The van der Waals surface area contributed by atoms with E-state index in [-0.39, 0.29) is 30.5 Å². The van der Waals surface area contributed by atoms with Crippen LogP contribution in [0.15, 0.2) is 66.7 Å². The third kappa shape index (κ3) is 14.3. The SMILES string of the molecule is CCC(CC(=O)OCOC(=O)c1ccc(CNC(=O)OC(C)(C)C)cc1)c1ccc(N(CC(C)C)CC(C)C)c(NC(=O)Nc2ccc(C)cc2)c1. The summed E-state index contributed by atoms with van der Waals surface area (Å²) in [6.45, 7) is 19.3. The van der Waals surface area contributed by atoms with Crippen LogP contribution < -0.4 is 20.9 Å². The summed E-state index contributed by atoms with van der Waals surface area (Å²) in [5, 5.41) is 8.66. The minimum atomic E-state index is -0.644. The first-order chi connectivity index (χ1) is 24.5. The van der Waals surface area contributed by atoms with E-state index in [1.54, 1.807) is 45.0 Å². The molecule has 0 saturated carbocycles. The number of rotatable bonds is 16. The molecule has 0 aliphatic carbocycles. The zero-order valence-corrected chi connectivity index (χ0v) is 32.1. The number of aryl methyl sites for hydroxylation is 1. The summed E-state index contributed by atoms with van der Waals surface area (Å²) in [7, 11) is 0. The fourth-order valence-corrected chi connectivity index (χ4v) is 5.49. The van der Waals surface area contributed by atoms with Gasteiger partial charge in [-0.25, -0.2) is 14.4 Å². The molecule has 3 amide bonds. The molecule has 11 nitrogen and oxygen atoms in total. The minimum Gasteiger partial charge on any atom is -0.444 e. The number of esters is 2. The van der Waals surface area contributed by atoms with Crippen LogP contribution in [0.1, 0.15) is 101 Å². The van der Waals surface area contributed by atoms with Gasteiger partial charge in [-0.05, 0) is 99.4 Å². The average Bonchev–Trinajstić information content (AvgIpc) is 3.06. The van der Waals surface area contributed by atoms with Gasteiger partial charge in [-0.1, -0.05) is 70.5 Å². The molecule has 0 saturated heterocycles. The second-order valence-electron chi connectivity index (χ2n) is 14.8. The minimum absolute atomic E-state index is 0.0590. The fraction of sp³-hybridized carbons (Fsp3) is 0.463. The van der Waals surface area contributed by atoms with Gasteiger partial charge in [-0.2, -0.15) is 0 Å². The lowest BCUT2D eigenvalue weighted by Gasteiger charge is -2.31. The molecule has 0 aliphatic heterocycles. The molecule has 3 N–H and O–H groups in total. The molecule has 0 fully saturated rings. The highest BCUT2D eigenvalue weighted by atomic mass is 16.7. The van der Waals surface area contributed by atoms with Crippen molar-refractivity contribution >= 4 is 41.1 Å². The van der Waals surface area contributed by atoms with Gasteiger partial charge in [0.15, 0.2) is 0 Å². The second-order valence-corrected chi connectivity index (χ2v) is 14.8. The van der Waals surface area contributed by atoms with E-state index in [9.17, 15) is 19.2 Å². The molecular formula is C41H56N4O7. The van der Waals surface area contributed by atoms with Crippen molar-refractivity contribution in [2.75, 3.05) is 35.4 Å². The smallest absolute Gasteiger partial charge is 0.407 e. The lowest BCUT2D eigenvalue weighted by atomic mass is 9.92. The molecule has 0 aromatic heterocycles. The molecule has 0 bridgehead atoms. The molecule has 3 aromatic carbocycles. The van der Waals surface area contributed by atoms with E-state index in [4.69, 9.17) is 14.2 Å². The normalized spacial score (nSPS) is 11.8. The number of anilines is 3. The summed E-state index contributed by atoms with van der Waals surface area (Å²) in [4.78, 5) is 52.9. The number of nitrogens with one attached hydrogen (secondary N) is 3. The second kappa shape index (κ2) is 19.5. The predicted octanol–water partition coefficient (Wildman–Crippen LogP) is 9.02. The van der Waals surface area contributed by atoms with Crippen LogP contribution in [0.4, 0.5) is 26.7 Å². The Kier molecular flexibility index (Phi) is 15.5. The fourth-order valence-electron chi connectivity index (χ4n) is 5.49. The number of nitrogens with zero attached hydrogens (tertiary/aromatic N) is 1. The quantitative estimate of drug-likeness (QED) is 0.0988. The van der Waals surface area contributed by atoms with Crippen LogP contribution in [-0.2, 0) is 25.5 Å². The van der Waals surface area contributed by atoms with Crippen LogP contribution in [0.2, 0.25) is 0 Å². The van der Waals surface area contributed by atoms with Crippen LogP contribution in [0.5, 0.6) is 0 Å². The molecular weight excluding hydrogens is 660 g/mol. The maximum atomic E-state index is 13.2. The van der Waals surface area contributed by atoms with Crippen molar-refractivity contribution in [2.24, 2.45) is 11.8 Å². The van der Waals surface area contributed by atoms with E-state index in [0.717, 1.165) is 35.5 Å². The van der Waals surface area contributed by atoms with Crippen molar-refractivity contribution in [1.29, 1.82) is 0 Å². The van der Waals surface area contributed by atoms with E-state index in [2.05, 4.69) is 48.5 Å². The summed E-state index contributed by atoms with van der Waals surface area (Å²) in [6, 6.07) is 19.7. The maximum Gasteiger partial charge on any atom is 0.407 e. The Hall–Kier alpha value is -5.06. The molecule has 0 aliphatic rings. The first-order valence-electron chi connectivity index (χ1n) is 17.9. The Bertz CT molecular complexity index is 1620. The van der Waals surface area contributed by atoms with E-state index in [0.29, 0.717) is 29.6 Å². The molecule has 3 aromatic rings. The summed E-state index contributed by atoms with van der Waals surface area (Å²) < 4.78 is 15.7. The Labute approximate surface area is 308 Å². The maximum absolute atomic E-state index is 13.2. The Morgan fingerprint density at radius 2 is 1.44 bits per heavy atom. The van der Waals surface area contributed by atoms with E-state index >= 15 is 0 Å². The average molecular weight is 717 g/mol. The van der Waals surface area contributed by atoms with E-state index in [1.807, 2.05) is 56.3 Å². The van der Waals surface area contributed by atoms with Crippen molar-refractivity contribution in [3.63, 3.8) is 0 Å². The zero-order valence-electron chi connectivity index (χ0n) is 32.1. The largest absolute Gasteiger partial charge is 0.444 e. The number of alkyl carbamates (subject to hydrolysis) is 1. The molecule has 52 heavy (non-hydrogen) atoms. The van der Waals surface area contributed by atoms with Gasteiger partial charge in [-0.15, -0.1) is 0 Å². The number of ether oxygens (including phenoxy) is 3. The third-order valence-corrected chi connectivity index (χ3v) is 7.90. The molecule has 282 valence electrons. The zero-order chi connectivity index (χ0) is 38.4. The standard InChI is InChI=1S/C41H56N4O7/c1-10-31(22-37(46)50-26-51-38(47)32-15-13-30(14-16-32)23-42-40(49)52-41(7,8)9)33-17-20-36(45(24-27(2)3)25-28(4)5)35(21-33)44-39(48)43-34-18-11-29(6)12-19-34/h11-21,27-28,31H,10,22-26H2,1-9H3,(H,42,49)(H2,43,44,48). The first kappa shape index (κ1) is 41.4. The number of carbonyl (C=O) groups excluding carboxylic acids is 4. The number of carbonyl (C=O) groups is 4. The topological polar surface area (TPSA) is 135 Å². The van der Waals surface area contributed by atoms with Gasteiger partial charge in [-0.3, -0.25) is 4.79 Å². The van der Waals surface area contributed by atoms with Crippen LogP contribution in [0, 0.1) is 18.8 Å². The van der Waals surface area contributed by atoms with E-state index in [1.165, 1.54) is 0 Å². The lowest BCUT2D eigenvalue weighted by Crippen LogP contribution is -2.32. The predicted molar refractivity (Wildman–Crippen MR) is 206 cm³/mol. The highest BCUT2D eigenvalue weighted by molar-refractivity contribution is 6.02. The molecule has 1 unspecified atom stereocenters. The molecule has 1 atom stereocenters. The van der Waals surface area contributed by atoms with E-state index < -0.39 is 30.4 Å². The van der Waals surface area contributed by atoms with Crippen LogP contribution in [0.25, 0.3) is 0 Å². The van der Waals surface area contributed by atoms with Gasteiger partial charge >= 0.3 is 24.1 Å². The lowest BCUT2D eigenvalue weighted by molar-refractivity contribution is -0.152. The summed E-state index contributed by atoms with van der Waals surface area (Å²) in [5.74, 6) is -0.572. The van der Waals surface area contributed by atoms with Crippen molar-refractivity contribution in [1.82, 2.24) is 5.32 Å². The molecule has 0 spiro atoms. The van der Waals surface area contributed by atoms with Crippen LogP contribution >= 0.6 is 0 Å². The van der Waals surface area contributed by atoms with Gasteiger partial charge in [0.25, 0.3) is 0 Å². The van der Waals surface area contributed by atoms with Crippen molar-refractivity contribution in [2.45, 2.75) is 93.2 Å². The van der Waals surface area contributed by atoms with Crippen molar-refractivity contribution in [3.05, 3.63) is 89.0 Å². The molecule has 3 rings (SSSR count). The molecule has 0 radical (unpaired) electrons. The highest BCUT2D eigenvalue weighted by Gasteiger charge is 2.22. The molecule has 0 heterocycles.